The fourth-order valence-corrected chi connectivity index (χ4v) is 2.11. The lowest BCUT2D eigenvalue weighted by atomic mass is 10.1. The number of imide groups is 1. The molecule has 2 heterocycles. The van der Waals surface area contributed by atoms with Crippen LogP contribution in [0.4, 0.5) is 4.79 Å². The SMILES string of the molecule is O=C1CN(C2COc3ccccc32)C(=O)N1. The number of nitrogens with zero attached hydrogens (tertiary/aromatic N) is 1. The van der Waals surface area contributed by atoms with E-state index < -0.39 is 0 Å². The standard InChI is InChI=1S/C11H10N2O3/c14-10-5-13(11(15)12-10)8-6-16-9-4-2-1-3-7(8)9/h1-4,8H,5-6H2,(H,12,14,15). The van der Waals surface area contributed by atoms with Crippen molar-refractivity contribution in [2.75, 3.05) is 13.2 Å². The molecule has 1 unspecified atom stereocenters. The van der Waals surface area contributed by atoms with Crippen LogP contribution in [0.2, 0.25) is 0 Å². The maximum Gasteiger partial charge on any atom is 0.325 e. The minimum atomic E-state index is -0.338. The Bertz CT molecular complexity index is 472. The smallest absolute Gasteiger partial charge is 0.325 e. The van der Waals surface area contributed by atoms with Crippen LogP contribution in [0.1, 0.15) is 11.6 Å². The summed E-state index contributed by atoms with van der Waals surface area (Å²) < 4.78 is 5.47. The Labute approximate surface area is 92.0 Å². The zero-order valence-corrected chi connectivity index (χ0v) is 8.47. The number of benzene rings is 1. The topological polar surface area (TPSA) is 58.6 Å². The maximum absolute atomic E-state index is 11.5. The molecular formula is C11H10N2O3. The number of ether oxygens (including phenoxy) is 1. The van der Waals surface area contributed by atoms with Gasteiger partial charge in [-0.25, -0.2) is 4.79 Å². The van der Waals surface area contributed by atoms with Gasteiger partial charge in [0.25, 0.3) is 0 Å². The molecule has 1 atom stereocenters. The monoisotopic (exact) mass is 218 g/mol. The van der Waals surface area contributed by atoms with Crippen LogP contribution < -0.4 is 10.1 Å². The Morgan fingerprint density at radius 1 is 1.31 bits per heavy atom. The van der Waals surface area contributed by atoms with Gasteiger partial charge in [0.2, 0.25) is 5.91 Å². The quantitative estimate of drug-likeness (QED) is 0.705. The van der Waals surface area contributed by atoms with Gasteiger partial charge in [0, 0.05) is 5.56 Å². The number of hydrogen-bond donors (Lipinski definition) is 1. The van der Waals surface area contributed by atoms with Crippen molar-refractivity contribution >= 4 is 11.9 Å². The highest BCUT2D eigenvalue weighted by Gasteiger charge is 2.37. The average Bonchev–Trinajstić information content (AvgIpc) is 2.81. The number of para-hydroxylation sites is 1. The zero-order valence-electron chi connectivity index (χ0n) is 8.47. The molecule has 16 heavy (non-hydrogen) atoms. The number of amides is 3. The van der Waals surface area contributed by atoms with Crippen LogP contribution in [0.3, 0.4) is 0 Å². The Kier molecular flexibility index (Phi) is 1.86. The second kappa shape index (κ2) is 3.23. The Hall–Kier alpha value is -2.04. The highest BCUT2D eigenvalue weighted by molar-refractivity contribution is 6.02. The van der Waals surface area contributed by atoms with E-state index in [1.807, 2.05) is 24.3 Å². The molecule has 2 aliphatic heterocycles. The van der Waals surface area contributed by atoms with Crippen LogP contribution in [-0.2, 0) is 4.79 Å². The Morgan fingerprint density at radius 2 is 2.12 bits per heavy atom. The molecule has 1 aromatic carbocycles. The lowest BCUT2D eigenvalue weighted by Crippen LogP contribution is -2.33. The number of nitrogens with one attached hydrogen (secondary N) is 1. The van der Waals surface area contributed by atoms with Crippen LogP contribution in [-0.4, -0.2) is 30.0 Å². The molecule has 82 valence electrons. The van der Waals surface area contributed by atoms with Gasteiger partial charge >= 0.3 is 6.03 Å². The second-order valence-electron chi connectivity index (χ2n) is 3.85. The van der Waals surface area contributed by atoms with Crippen molar-refractivity contribution < 1.29 is 14.3 Å². The molecule has 0 aromatic heterocycles. The summed E-state index contributed by atoms with van der Waals surface area (Å²) in [7, 11) is 0. The minimum absolute atomic E-state index is 0.112. The van der Waals surface area contributed by atoms with Crippen LogP contribution in [0.15, 0.2) is 24.3 Å². The molecule has 0 radical (unpaired) electrons. The normalized spacial score (nSPS) is 23.0. The van der Waals surface area contributed by atoms with E-state index >= 15 is 0 Å². The van der Waals surface area contributed by atoms with Gasteiger partial charge in [-0.2, -0.15) is 0 Å². The maximum atomic E-state index is 11.5. The third-order valence-corrected chi connectivity index (χ3v) is 2.87. The predicted molar refractivity (Wildman–Crippen MR) is 54.9 cm³/mol. The van der Waals surface area contributed by atoms with Crippen molar-refractivity contribution in [3.05, 3.63) is 29.8 Å². The first-order valence-corrected chi connectivity index (χ1v) is 5.08. The lowest BCUT2D eigenvalue weighted by Gasteiger charge is -2.20. The van der Waals surface area contributed by atoms with E-state index in [2.05, 4.69) is 5.32 Å². The van der Waals surface area contributed by atoms with Crippen molar-refractivity contribution in [2.45, 2.75) is 6.04 Å². The molecule has 3 amide bonds. The van der Waals surface area contributed by atoms with Crippen molar-refractivity contribution in [1.82, 2.24) is 10.2 Å². The van der Waals surface area contributed by atoms with Gasteiger partial charge in [-0.15, -0.1) is 0 Å². The van der Waals surface area contributed by atoms with Crippen LogP contribution >= 0.6 is 0 Å². The fourth-order valence-electron chi connectivity index (χ4n) is 2.11. The fraction of sp³-hybridized carbons (Fsp3) is 0.273. The van der Waals surface area contributed by atoms with Crippen molar-refractivity contribution in [3.63, 3.8) is 0 Å². The highest BCUT2D eigenvalue weighted by atomic mass is 16.5. The number of carbonyl (C=O) groups excluding carboxylic acids is 2. The molecule has 1 fully saturated rings. The number of rotatable bonds is 1. The van der Waals surface area contributed by atoms with Crippen LogP contribution in [0.25, 0.3) is 0 Å². The van der Waals surface area contributed by atoms with E-state index in [0.717, 1.165) is 11.3 Å². The third-order valence-electron chi connectivity index (χ3n) is 2.87. The van der Waals surface area contributed by atoms with Gasteiger partial charge in [-0.05, 0) is 6.07 Å². The van der Waals surface area contributed by atoms with Gasteiger partial charge in [-0.3, -0.25) is 10.1 Å². The minimum Gasteiger partial charge on any atom is -0.491 e. The molecule has 1 N–H and O–H groups in total. The summed E-state index contributed by atoms with van der Waals surface area (Å²) in [6.07, 6.45) is 0. The number of carbonyl (C=O) groups is 2. The molecular weight excluding hydrogens is 208 g/mol. The van der Waals surface area contributed by atoms with Crippen LogP contribution in [0, 0.1) is 0 Å². The number of hydrogen-bond acceptors (Lipinski definition) is 3. The molecule has 2 aliphatic rings. The number of fused-ring (bicyclic) bond motifs is 1. The molecule has 5 heteroatoms. The molecule has 0 bridgehead atoms. The number of urea groups is 1. The molecule has 1 saturated heterocycles. The summed E-state index contributed by atoms with van der Waals surface area (Å²) in [6, 6.07) is 7.08. The summed E-state index contributed by atoms with van der Waals surface area (Å²) in [5, 5.41) is 2.27. The van der Waals surface area contributed by atoms with Crippen LogP contribution in [0.5, 0.6) is 5.75 Å². The molecule has 3 rings (SSSR count). The molecule has 1 aromatic rings. The Balaban J connectivity index is 1.93. The Morgan fingerprint density at radius 3 is 2.88 bits per heavy atom. The first-order chi connectivity index (χ1) is 7.75. The average molecular weight is 218 g/mol. The zero-order chi connectivity index (χ0) is 11.1. The summed E-state index contributed by atoms with van der Waals surface area (Å²) in [5.41, 5.74) is 0.965. The van der Waals surface area contributed by atoms with Gasteiger partial charge in [-0.1, -0.05) is 18.2 Å². The third kappa shape index (κ3) is 1.25. The summed E-state index contributed by atoms with van der Waals surface area (Å²) in [4.78, 5) is 24.1. The molecule has 0 spiro atoms. The summed E-state index contributed by atoms with van der Waals surface area (Å²) >= 11 is 0. The van der Waals surface area contributed by atoms with E-state index in [-0.39, 0.29) is 24.5 Å². The molecule has 5 nitrogen and oxygen atoms in total. The van der Waals surface area contributed by atoms with E-state index in [1.54, 1.807) is 0 Å². The van der Waals surface area contributed by atoms with E-state index in [9.17, 15) is 9.59 Å². The van der Waals surface area contributed by atoms with Crippen molar-refractivity contribution in [3.8, 4) is 5.75 Å². The van der Waals surface area contributed by atoms with Gasteiger partial charge in [0.1, 0.15) is 18.9 Å². The highest BCUT2D eigenvalue weighted by Crippen LogP contribution is 2.36. The van der Waals surface area contributed by atoms with Gasteiger partial charge < -0.3 is 9.64 Å². The van der Waals surface area contributed by atoms with Crippen molar-refractivity contribution in [1.29, 1.82) is 0 Å². The first-order valence-electron chi connectivity index (χ1n) is 5.08. The van der Waals surface area contributed by atoms with Gasteiger partial charge in [0.15, 0.2) is 0 Å². The predicted octanol–water partition coefficient (Wildman–Crippen LogP) is 0.672. The lowest BCUT2D eigenvalue weighted by molar-refractivity contribution is -0.118. The van der Waals surface area contributed by atoms with E-state index in [4.69, 9.17) is 4.74 Å². The second-order valence-corrected chi connectivity index (χ2v) is 3.85. The van der Waals surface area contributed by atoms with Gasteiger partial charge in [0.05, 0.1) is 6.04 Å². The van der Waals surface area contributed by atoms with E-state index in [0.29, 0.717) is 6.61 Å². The van der Waals surface area contributed by atoms with E-state index in [1.165, 1.54) is 4.90 Å². The first kappa shape index (κ1) is 9.21. The van der Waals surface area contributed by atoms with Crippen molar-refractivity contribution in [2.24, 2.45) is 0 Å². The largest absolute Gasteiger partial charge is 0.491 e. The summed E-state index contributed by atoms with van der Waals surface area (Å²) in [5.74, 6) is 0.536. The molecule has 0 saturated carbocycles. The molecule has 0 aliphatic carbocycles. The summed E-state index contributed by atoms with van der Waals surface area (Å²) in [6.45, 7) is 0.529.